The molecule has 0 unspecified atom stereocenters. The van der Waals surface area contributed by atoms with E-state index in [1.165, 1.54) is 17.8 Å². The van der Waals surface area contributed by atoms with Crippen LogP contribution in [0.3, 0.4) is 0 Å². The minimum absolute atomic E-state index is 0.0360. The molecule has 0 saturated carbocycles. The molecule has 0 saturated heterocycles. The smallest absolute Gasteiger partial charge is 0.359 e. The van der Waals surface area contributed by atoms with Crippen molar-refractivity contribution >= 4 is 33.6 Å². The molecular formula is C17H10F6N4. The zero-order valence-corrected chi connectivity index (χ0v) is 13.5. The van der Waals surface area contributed by atoms with Gasteiger partial charge in [-0.3, -0.25) is 0 Å². The van der Waals surface area contributed by atoms with E-state index in [4.69, 9.17) is 0 Å². The second kappa shape index (κ2) is 5.66. The number of H-pyrrole nitrogens is 1. The summed E-state index contributed by atoms with van der Waals surface area (Å²) in [6.07, 6.45) is -3.29. The van der Waals surface area contributed by atoms with Crippen LogP contribution in [0.5, 0.6) is 0 Å². The van der Waals surface area contributed by atoms with Gasteiger partial charge in [-0.15, -0.1) is 0 Å². The maximum atomic E-state index is 14.2. The van der Waals surface area contributed by atoms with Crippen molar-refractivity contribution < 1.29 is 26.3 Å². The molecule has 2 N–H and O–H groups in total. The summed E-state index contributed by atoms with van der Waals surface area (Å²) in [6.45, 7) is 0. The molecule has 4 rings (SSSR count). The highest BCUT2D eigenvalue weighted by atomic mass is 19.4. The number of imidazole rings is 1. The average molecular weight is 384 g/mol. The molecule has 2 aromatic heterocycles. The highest BCUT2D eigenvalue weighted by Crippen LogP contribution is 2.34. The minimum Gasteiger partial charge on any atom is -0.359 e. The van der Waals surface area contributed by atoms with Crippen LogP contribution in [0.15, 0.2) is 30.5 Å². The maximum absolute atomic E-state index is 14.2. The van der Waals surface area contributed by atoms with Crippen molar-refractivity contribution in [2.75, 3.05) is 5.32 Å². The van der Waals surface area contributed by atoms with Gasteiger partial charge in [0.1, 0.15) is 11.3 Å². The summed E-state index contributed by atoms with van der Waals surface area (Å²) in [5.74, 6) is -3.12. The molecule has 0 amide bonds. The van der Waals surface area contributed by atoms with Gasteiger partial charge < -0.3 is 14.9 Å². The number of nitrogens with one attached hydrogen (secondary N) is 2. The molecule has 0 fully saturated rings. The van der Waals surface area contributed by atoms with Crippen molar-refractivity contribution in [2.24, 2.45) is 7.05 Å². The number of rotatable bonds is 2. The van der Waals surface area contributed by atoms with Gasteiger partial charge in [-0.25, -0.2) is 18.2 Å². The molecule has 0 atom stereocenters. The van der Waals surface area contributed by atoms with Gasteiger partial charge in [-0.2, -0.15) is 13.2 Å². The zero-order chi connectivity index (χ0) is 19.5. The third-order valence-corrected chi connectivity index (χ3v) is 4.22. The largest absolute Gasteiger partial charge is 0.416 e. The van der Waals surface area contributed by atoms with Gasteiger partial charge in [0.25, 0.3) is 0 Å². The fraction of sp³-hybridized carbons (Fsp3) is 0.118. The highest BCUT2D eigenvalue weighted by Gasteiger charge is 2.32. The van der Waals surface area contributed by atoms with Crippen molar-refractivity contribution in [2.45, 2.75) is 6.18 Å². The predicted molar refractivity (Wildman–Crippen MR) is 87.2 cm³/mol. The van der Waals surface area contributed by atoms with Crippen molar-refractivity contribution in [1.29, 1.82) is 0 Å². The summed E-state index contributed by atoms with van der Waals surface area (Å²) in [4.78, 5) is 6.74. The summed E-state index contributed by atoms with van der Waals surface area (Å²) in [7, 11) is 1.42. The first kappa shape index (κ1) is 17.3. The van der Waals surface area contributed by atoms with Crippen LogP contribution in [-0.4, -0.2) is 14.5 Å². The Hall–Kier alpha value is -3.17. The molecule has 0 aliphatic carbocycles. The summed E-state index contributed by atoms with van der Waals surface area (Å²) in [6, 6.07) is 3.08. The van der Waals surface area contributed by atoms with Gasteiger partial charge in [0.2, 0.25) is 5.95 Å². The standard InChI is InChI=1S/C17H10F6N4/c1-27-15-11(20)2-7(17(21,22)23)3-13(15)25-16(27)26-14-6-24-12-5-10(19)9(18)4-8(12)14/h2-6,24H,1H3,(H,25,26). The number of alkyl halides is 3. The normalized spacial score (nSPS) is 12.3. The molecule has 0 aliphatic heterocycles. The van der Waals surface area contributed by atoms with Gasteiger partial charge in [0.05, 0.1) is 22.3 Å². The number of aromatic amines is 1. The molecule has 0 aliphatic rings. The monoisotopic (exact) mass is 384 g/mol. The molecule has 0 spiro atoms. The lowest BCUT2D eigenvalue weighted by Gasteiger charge is -2.07. The van der Waals surface area contributed by atoms with E-state index in [1.54, 1.807) is 0 Å². The number of nitrogens with zero attached hydrogens (tertiary/aromatic N) is 2. The number of hydrogen-bond acceptors (Lipinski definition) is 2. The number of anilines is 2. The van der Waals surface area contributed by atoms with Crippen LogP contribution in [0.4, 0.5) is 38.0 Å². The Morgan fingerprint density at radius 3 is 2.41 bits per heavy atom. The topological polar surface area (TPSA) is 45.6 Å². The number of halogens is 6. The van der Waals surface area contributed by atoms with E-state index in [-0.39, 0.29) is 17.0 Å². The highest BCUT2D eigenvalue weighted by molar-refractivity contribution is 5.94. The Morgan fingerprint density at radius 2 is 1.70 bits per heavy atom. The lowest BCUT2D eigenvalue weighted by molar-refractivity contribution is -0.137. The molecule has 2 heterocycles. The third kappa shape index (κ3) is 2.77. The van der Waals surface area contributed by atoms with Gasteiger partial charge in [-0.05, 0) is 18.2 Å². The Bertz CT molecular complexity index is 1190. The lowest BCUT2D eigenvalue weighted by atomic mass is 10.2. The second-order valence-electron chi connectivity index (χ2n) is 5.96. The fourth-order valence-electron chi connectivity index (χ4n) is 2.91. The van der Waals surface area contributed by atoms with Crippen LogP contribution in [0.2, 0.25) is 0 Å². The fourth-order valence-corrected chi connectivity index (χ4v) is 2.91. The van der Waals surface area contributed by atoms with Crippen molar-refractivity contribution in [1.82, 2.24) is 14.5 Å². The molecule has 2 aromatic carbocycles. The second-order valence-corrected chi connectivity index (χ2v) is 5.96. The van der Waals surface area contributed by atoms with Crippen LogP contribution in [-0.2, 0) is 13.2 Å². The van der Waals surface area contributed by atoms with Crippen LogP contribution in [0.25, 0.3) is 21.9 Å². The van der Waals surface area contributed by atoms with E-state index in [0.717, 1.165) is 18.2 Å². The Labute approximate surface area is 147 Å². The van der Waals surface area contributed by atoms with Crippen molar-refractivity contribution in [3.8, 4) is 0 Å². The third-order valence-electron chi connectivity index (χ3n) is 4.22. The Morgan fingerprint density at radius 1 is 1.00 bits per heavy atom. The number of hydrogen-bond donors (Lipinski definition) is 2. The van der Waals surface area contributed by atoms with Gasteiger partial charge in [0.15, 0.2) is 11.6 Å². The molecule has 4 nitrogen and oxygen atoms in total. The van der Waals surface area contributed by atoms with E-state index in [1.807, 2.05) is 0 Å². The molecule has 4 aromatic rings. The Kier molecular flexibility index (Phi) is 3.62. The average Bonchev–Trinajstić information content (AvgIpc) is 3.09. The maximum Gasteiger partial charge on any atom is 0.416 e. The molecule has 27 heavy (non-hydrogen) atoms. The number of aryl methyl sites for hydroxylation is 1. The van der Waals surface area contributed by atoms with E-state index in [9.17, 15) is 26.3 Å². The zero-order valence-electron chi connectivity index (χ0n) is 13.5. The first-order valence-corrected chi connectivity index (χ1v) is 7.61. The number of benzene rings is 2. The summed E-state index contributed by atoms with van der Waals surface area (Å²) < 4.78 is 80.8. The van der Waals surface area contributed by atoms with Crippen LogP contribution in [0.1, 0.15) is 5.56 Å². The van der Waals surface area contributed by atoms with E-state index in [2.05, 4.69) is 15.3 Å². The molecule has 140 valence electrons. The SMILES string of the molecule is Cn1c(Nc2c[nH]c3cc(F)c(F)cc23)nc2cc(C(F)(F)F)cc(F)c21. The van der Waals surface area contributed by atoms with Gasteiger partial charge in [-0.1, -0.05) is 0 Å². The predicted octanol–water partition coefficient (Wildman–Crippen LogP) is 5.23. The summed E-state index contributed by atoms with van der Waals surface area (Å²) >= 11 is 0. The Balaban J connectivity index is 1.82. The van der Waals surface area contributed by atoms with Crippen LogP contribution in [0, 0.1) is 17.5 Å². The molecular weight excluding hydrogens is 374 g/mol. The quantitative estimate of drug-likeness (QED) is 0.465. The lowest BCUT2D eigenvalue weighted by Crippen LogP contribution is -2.05. The van der Waals surface area contributed by atoms with Crippen molar-refractivity contribution in [3.05, 3.63) is 53.5 Å². The molecule has 0 radical (unpaired) electrons. The van der Waals surface area contributed by atoms with E-state index >= 15 is 0 Å². The van der Waals surface area contributed by atoms with Gasteiger partial charge in [0, 0.05) is 24.7 Å². The number of aromatic nitrogens is 3. The van der Waals surface area contributed by atoms with Gasteiger partial charge >= 0.3 is 6.18 Å². The van der Waals surface area contributed by atoms with E-state index < -0.39 is 29.2 Å². The molecule has 10 heteroatoms. The summed E-state index contributed by atoms with van der Waals surface area (Å²) in [5, 5.41) is 3.10. The van der Waals surface area contributed by atoms with Crippen LogP contribution >= 0.6 is 0 Å². The molecule has 0 bridgehead atoms. The summed E-state index contributed by atoms with van der Waals surface area (Å²) in [5.41, 5.74) is -0.854. The first-order valence-electron chi connectivity index (χ1n) is 7.61. The number of fused-ring (bicyclic) bond motifs is 2. The van der Waals surface area contributed by atoms with E-state index in [0.29, 0.717) is 22.7 Å². The van der Waals surface area contributed by atoms with Crippen molar-refractivity contribution in [3.63, 3.8) is 0 Å². The minimum atomic E-state index is -4.71. The first-order chi connectivity index (χ1) is 12.6. The van der Waals surface area contributed by atoms with Crippen LogP contribution < -0.4 is 5.32 Å².